The molecule has 0 spiro atoms. The van der Waals surface area contributed by atoms with Gasteiger partial charge in [0.25, 0.3) is 0 Å². The number of fused-ring (bicyclic) bond motifs is 9. The summed E-state index contributed by atoms with van der Waals surface area (Å²) in [5.41, 5.74) is 18.0. The van der Waals surface area contributed by atoms with Crippen molar-refractivity contribution in [2.24, 2.45) is 0 Å². The molecule has 12 aromatic carbocycles. The standard InChI is InChI=1S/C78H50F4N2O/c1-3-49-23-27-53(28-24-49)77(51-15-7-5-8-16-51)67-21-13-11-19-61(67)63-37-31-55(43-69(63)77)83(57-35-41-71(79)73(81)45-57)59-33-39-65-66-40-34-60(48-76(66)85-75(65)47-59)84(58-36-42-72(80)74(82)46-58)56-32-38-64-62-20-12-14-22-68(62)78(70(64)44-56,52-17-9-6-10-18-52)54-29-25-50(4-2)26-30-54/h3-48H,1-2H2. The van der Waals surface area contributed by atoms with Crippen LogP contribution in [0.3, 0.4) is 0 Å². The molecule has 0 saturated carbocycles. The molecule has 2 aliphatic rings. The Morgan fingerprint density at radius 3 is 1.02 bits per heavy atom. The minimum atomic E-state index is -0.985. The molecule has 0 N–H and O–H groups in total. The van der Waals surface area contributed by atoms with Crippen molar-refractivity contribution < 1.29 is 22.0 Å². The molecule has 85 heavy (non-hydrogen) atoms. The number of nitrogens with zero attached hydrogens (tertiary/aromatic N) is 2. The highest BCUT2D eigenvalue weighted by Gasteiger charge is 2.48. The van der Waals surface area contributed by atoms with Gasteiger partial charge in [-0.2, -0.15) is 0 Å². The Labute approximate surface area is 489 Å². The summed E-state index contributed by atoms with van der Waals surface area (Å²) in [4.78, 5) is 3.86. The number of benzene rings is 12. The van der Waals surface area contributed by atoms with Crippen molar-refractivity contribution in [2.75, 3.05) is 9.80 Å². The van der Waals surface area contributed by atoms with Gasteiger partial charge in [-0.3, -0.25) is 0 Å². The fraction of sp³-hybridized carbons (Fsp3) is 0.0256. The van der Waals surface area contributed by atoms with E-state index in [1.807, 2.05) is 82.6 Å². The van der Waals surface area contributed by atoms with Gasteiger partial charge in [0.1, 0.15) is 11.2 Å². The second kappa shape index (κ2) is 20.0. The van der Waals surface area contributed by atoms with Crippen LogP contribution in [0, 0.1) is 23.3 Å². The number of halogens is 4. The zero-order valence-corrected chi connectivity index (χ0v) is 45.8. The van der Waals surface area contributed by atoms with E-state index in [0.29, 0.717) is 45.3 Å². The number of furan rings is 1. The summed E-state index contributed by atoms with van der Waals surface area (Å²) < 4.78 is 68.1. The molecule has 2 aliphatic carbocycles. The second-order valence-electron chi connectivity index (χ2n) is 21.8. The van der Waals surface area contributed by atoms with Gasteiger partial charge in [0.15, 0.2) is 23.3 Å². The van der Waals surface area contributed by atoms with Gasteiger partial charge in [-0.15, -0.1) is 0 Å². The average molecular weight is 1110 g/mol. The minimum Gasteiger partial charge on any atom is -0.456 e. The van der Waals surface area contributed by atoms with Crippen LogP contribution in [-0.2, 0) is 10.8 Å². The van der Waals surface area contributed by atoms with Crippen LogP contribution in [0.2, 0.25) is 0 Å². The van der Waals surface area contributed by atoms with Gasteiger partial charge in [0.05, 0.1) is 10.8 Å². The maximum atomic E-state index is 15.7. The Hall–Kier alpha value is -10.8. The van der Waals surface area contributed by atoms with Crippen molar-refractivity contribution in [1.29, 1.82) is 0 Å². The van der Waals surface area contributed by atoms with Gasteiger partial charge in [0.2, 0.25) is 0 Å². The second-order valence-corrected chi connectivity index (χ2v) is 21.8. The minimum absolute atomic E-state index is 0.400. The molecule has 2 atom stereocenters. The van der Waals surface area contributed by atoms with Crippen molar-refractivity contribution in [3.63, 3.8) is 0 Å². The summed E-state index contributed by atoms with van der Waals surface area (Å²) in [6.07, 6.45) is 3.68. The zero-order valence-electron chi connectivity index (χ0n) is 45.8. The van der Waals surface area contributed by atoms with Crippen LogP contribution in [0.5, 0.6) is 0 Å². The Morgan fingerprint density at radius 2 is 0.624 bits per heavy atom. The van der Waals surface area contributed by atoms with Gasteiger partial charge in [-0.05, 0) is 151 Å². The van der Waals surface area contributed by atoms with Crippen LogP contribution in [0.1, 0.15) is 55.6 Å². The first kappa shape index (κ1) is 51.1. The van der Waals surface area contributed by atoms with Gasteiger partial charge in [-0.1, -0.05) is 195 Å². The molecule has 1 aromatic heterocycles. The maximum Gasteiger partial charge on any atom is 0.160 e. The molecular formula is C78H50F4N2O. The molecular weight excluding hydrogens is 1060 g/mol. The summed E-state index contributed by atoms with van der Waals surface area (Å²) >= 11 is 0. The molecule has 0 amide bonds. The van der Waals surface area contributed by atoms with Crippen molar-refractivity contribution >= 4 is 68.2 Å². The van der Waals surface area contributed by atoms with Crippen LogP contribution < -0.4 is 9.80 Å². The van der Waals surface area contributed by atoms with Gasteiger partial charge < -0.3 is 14.2 Å². The lowest BCUT2D eigenvalue weighted by molar-refractivity contribution is 0.509. The molecule has 0 bridgehead atoms. The van der Waals surface area contributed by atoms with Crippen molar-refractivity contribution in [3.05, 3.63) is 359 Å². The van der Waals surface area contributed by atoms with Crippen LogP contribution in [0.25, 0.3) is 56.3 Å². The van der Waals surface area contributed by atoms with E-state index in [9.17, 15) is 8.78 Å². The Bertz CT molecular complexity index is 4520. The first-order valence-electron chi connectivity index (χ1n) is 28.2. The predicted molar refractivity (Wildman–Crippen MR) is 338 cm³/mol. The van der Waals surface area contributed by atoms with Gasteiger partial charge >= 0.3 is 0 Å². The fourth-order valence-electron chi connectivity index (χ4n) is 13.7. The molecule has 15 rings (SSSR count). The number of hydrogen-bond donors (Lipinski definition) is 0. The Morgan fingerprint density at radius 1 is 0.294 bits per heavy atom. The van der Waals surface area contributed by atoms with Gasteiger partial charge in [0, 0.05) is 69.2 Å². The molecule has 3 nitrogen and oxygen atoms in total. The largest absolute Gasteiger partial charge is 0.456 e. The average Bonchev–Trinajstić information content (AvgIpc) is 1.66. The third kappa shape index (κ3) is 7.88. The zero-order chi connectivity index (χ0) is 57.6. The van der Waals surface area contributed by atoms with Crippen LogP contribution in [0.15, 0.2) is 284 Å². The number of rotatable bonds is 12. The molecule has 0 aliphatic heterocycles. The summed E-state index contributed by atoms with van der Waals surface area (Å²) in [7, 11) is 0. The molecule has 1 heterocycles. The quantitative estimate of drug-likeness (QED) is 0.114. The van der Waals surface area contributed by atoms with E-state index in [4.69, 9.17) is 4.42 Å². The lowest BCUT2D eigenvalue weighted by atomic mass is 9.67. The van der Waals surface area contributed by atoms with E-state index < -0.39 is 34.1 Å². The van der Waals surface area contributed by atoms with E-state index >= 15 is 8.78 Å². The molecule has 406 valence electrons. The van der Waals surface area contributed by atoms with E-state index in [1.165, 1.54) is 12.1 Å². The third-order valence-electron chi connectivity index (χ3n) is 17.4. The van der Waals surface area contributed by atoms with Crippen molar-refractivity contribution in [3.8, 4) is 22.3 Å². The van der Waals surface area contributed by atoms with Gasteiger partial charge in [-0.25, -0.2) is 17.6 Å². The van der Waals surface area contributed by atoms with Crippen LogP contribution >= 0.6 is 0 Å². The highest BCUT2D eigenvalue weighted by Crippen LogP contribution is 2.59. The third-order valence-corrected chi connectivity index (χ3v) is 17.4. The molecule has 0 radical (unpaired) electrons. The van der Waals surface area contributed by atoms with Crippen LogP contribution in [-0.4, -0.2) is 0 Å². The fourth-order valence-corrected chi connectivity index (χ4v) is 13.7. The van der Waals surface area contributed by atoms with Crippen LogP contribution in [0.4, 0.5) is 51.7 Å². The highest BCUT2D eigenvalue weighted by molar-refractivity contribution is 6.07. The SMILES string of the molecule is C=Cc1ccc(C2(c3ccccc3)c3ccccc3-c3ccc(N(c4ccc(F)c(F)c4)c4ccc5c(c4)oc4cc(N(c6ccc(F)c(F)c6)c6ccc7c(c6)C(c6ccccc6)(c6ccc(C=C)cc6)c6ccccc6-7)ccc45)cc32)cc1. The first-order chi connectivity index (χ1) is 41.7. The number of anilines is 6. The predicted octanol–water partition coefficient (Wildman–Crippen LogP) is 21.1. The molecule has 0 saturated heterocycles. The van der Waals surface area contributed by atoms with Crippen molar-refractivity contribution in [1.82, 2.24) is 0 Å². The van der Waals surface area contributed by atoms with Crippen molar-refractivity contribution in [2.45, 2.75) is 10.8 Å². The van der Waals surface area contributed by atoms with E-state index in [2.05, 4.69) is 183 Å². The molecule has 7 heteroatoms. The highest BCUT2D eigenvalue weighted by atomic mass is 19.2. The van der Waals surface area contributed by atoms with E-state index in [1.54, 1.807) is 12.1 Å². The normalized spacial score (nSPS) is 15.5. The van der Waals surface area contributed by atoms with E-state index in [-0.39, 0.29) is 0 Å². The topological polar surface area (TPSA) is 19.6 Å². The molecule has 13 aromatic rings. The summed E-state index contributed by atoms with van der Waals surface area (Å²) in [5, 5.41) is 1.63. The monoisotopic (exact) mass is 1110 g/mol. The first-order valence-corrected chi connectivity index (χ1v) is 28.2. The molecule has 2 unspecified atom stereocenters. The Kier molecular flexibility index (Phi) is 12.0. The van der Waals surface area contributed by atoms with E-state index in [0.717, 1.165) is 101 Å². The summed E-state index contributed by atoms with van der Waals surface area (Å²) in [6.45, 7) is 8.05. The number of hydrogen-bond acceptors (Lipinski definition) is 3. The Balaban J connectivity index is 0.893. The lowest BCUT2D eigenvalue weighted by Crippen LogP contribution is -2.28. The summed E-state index contributed by atoms with van der Waals surface area (Å²) in [6, 6.07) is 87.3. The summed E-state index contributed by atoms with van der Waals surface area (Å²) in [5.74, 6) is -3.89. The maximum absolute atomic E-state index is 15.7. The smallest absolute Gasteiger partial charge is 0.160 e. The molecule has 0 fully saturated rings. The lowest BCUT2D eigenvalue weighted by Gasteiger charge is -2.35.